The normalized spacial score (nSPS) is 22.9. The Balaban J connectivity index is 1.45. The number of hydrogen-bond acceptors (Lipinski definition) is 5. The maximum atomic E-state index is 5.46. The second-order valence-electron chi connectivity index (χ2n) is 5.58. The summed E-state index contributed by atoms with van der Waals surface area (Å²) in [5.41, 5.74) is 1.08. The van der Waals surface area contributed by atoms with Crippen LogP contribution in [0.3, 0.4) is 0 Å². The second kappa shape index (κ2) is 6.41. The Labute approximate surface area is 120 Å². The van der Waals surface area contributed by atoms with Crippen LogP contribution in [0.4, 0.5) is 5.69 Å². The SMILES string of the molecule is COCCOc1ccc(NC2CCN(C3CC3)C2)cn1. The van der Waals surface area contributed by atoms with Crippen molar-refractivity contribution in [2.75, 3.05) is 38.7 Å². The molecule has 1 aliphatic heterocycles. The standard InChI is InChI=1S/C15H23N3O2/c1-19-8-9-20-15-5-2-12(10-16-15)17-13-6-7-18(11-13)14-3-4-14/h2,5,10,13-14,17H,3-4,6-9,11H2,1H3. The molecule has 3 rings (SSSR count). The van der Waals surface area contributed by atoms with Gasteiger partial charge in [-0.05, 0) is 25.3 Å². The maximum absolute atomic E-state index is 5.46. The summed E-state index contributed by atoms with van der Waals surface area (Å²) in [6.07, 6.45) is 5.86. The van der Waals surface area contributed by atoms with E-state index in [1.54, 1.807) is 7.11 Å². The van der Waals surface area contributed by atoms with E-state index >= 15 is 0 Å². The first-order valence-electron chi connectivity index (χ1n) is 7.43. The van der Waals surface area contributed by atoms with Gasteiger partial charge in [-0.1, -0.05) is 0 Å². The molecule has 110 valence electrons. The van der Waals surface area contributed by atoms with Gasteiger partial charge < -0.3 is 14.8 Å². The number of ether oxygens (including phenoxy) is 2. The Kier molecular flexibility index (Phi) is 4.38. The molecule has 1 aromatic heterocycles. The van der Waals surface area contributed by atoms with E-state index in [1.807, 2.05) is 18.3 Å². The van der Waals surface area contributed by atoms with E-state index in [0.29, 0.717) is 25.1 Å². The Hall–Kier alpha value is -1.33. The van der Waals surface area contributed by atoms with E-state index in [0.717, 1.165) is 18.3 Å². The molecule has 1 aromatic rings. The van der Waals surface area contributed by atoms with Crippen molar-refractivity contribution in [1.29, 1.82) is 0 Å². The van der Waals surface area contributed by atoms with Crippen LogP contribution in [0.25, 0.3) is 0 Å². The summed E-state index contributed by atoms with van der Waals surface area (Å²) in [7, 11) is 1.66. The van der Waals surface area contributed by atoms with Crippen LogP contribution < -0.4 is 10.1 Å². The van der Waals surface area contributed by atoms with Gasteiger partial charge in [-0.2, -0.15) is 0 Å². The summed E-state index contributed by atoms with van der Waals surface area (Å²) >= 11 is 0. The lowest BCUT2D eigenvalue weighted by Crippen LogP contribution is -2.27. The summed E-state index contributed by atoms with van der Waals surface area (Å²) in [6, 6.07) is 5.37. The summed E-state index contributed by atoms with van der Waals surface area (Å²) < 4.78 is 10.4. The third-order valence-electron chi connectivity index (χ3n) is 3.93. The van der Waals surface area contributed by atoms with Crippen molar-refractivity contribution >= 4 is 5.69 Å². The van der Waals surface area contributed by atoms with Crippen LogP contribution in [0.2, 0.25) is 0 Å². The molecule has 0 amide bonds. The minimum Gasteiger partial charge on any atom is -0.475 e. The van der Waals surface area contributed by atoms with Gasteiger partial charge >= 0.3 is 0 Å². The topological polar surface area (TPSA) is 46.6 Å². The fraction of sp³-hybridized carbons (Fsp3) is 0.667. The van der Waals surface area contributed by atoms with Crippen molar-refractivity contribution in [2.45, 2.75) is 31.3 Å². The molecule has 1 unspecified atom stereocenters. The first kappa shape index (κ1) is 13.6. The van der Waals surface area contributed by atoms with Crippen LogP contribution in [-0.4, -0.2) is 55.4 Å². The molecule has 0 spiro atoms. The average Bonchev–Trinajstić information content (AvgIpc) is 3.22. The Morgan fingerprint density at radius 2 is 2.20 bits per heavy atom. The molecule has 0 bridgehead atoms. The Morgan fingerprint density at radius 3 is 2.90 bits per heavy atom. The molecule has 2 fully saturated rings. The Morgan fingerprint density at radius 1 is 1.30 bits per heavy atom. The maximum Gasteiger partial charge on any atom is 0.213 e. The lowest BCUT2D eigenvalue weighted by Gasteiger charge is -2.16. The van der Waals surface area contributed by atoms with Gasteiger partial charge in [-0.25, -0.2) is 4.98 Å². The van der Waals surface area contributed by atoms with E-state index in [-0.39, 0.29) is 0 Å². The van der Waals surface area contributed by atoms with Gasteiger partial charge in [0.15, 0.2) is 0 Å². The number of likely N-dealkylation sites (tertiary alicyclic amines) is 1. The molecule has 5 heteroatoms. The van der Waals surface area contributed by atoms with Crippen LogP contribution in [-0.2, 0) is 4.74 Å². The fourth-order valence-electron chi connectivity index (χ4n) is 2.69. The van der Waals surface area contributed by atoms with Crippen LogP contribution in [0, 0.1) is 0 Å². The predicted octanol–water partition coefficient (Wildman–Crippen LogP) is 1.76. The lowest BCUT2D eigenvalue weighted by atomic mass is 10.2. The molecule has 2 aliphatic rings. The van der Waals surface area contributed by atoms with Gasteiger partial charge in [0.05, 0.1) is 18.5 Å². The van der Waals surface area contributed by atoms with E-state index in [1.165, 1.54) is 25.8 Å². The van der Waals surface area contributed by atoms with Gasteiger partial charge in [0.25, 0.3) is 0 Å². The summed E-state index contributed by atoms with van der Waals surface area (Å²) in [5.74, 6) is 0.652. The van der Waals surface area contributed by atoms with Gasteiger partial charge in [-0.15, -0.1) is 0 Å². The zero-order valence-corrected chi connectivity index (χ0v) is 12.0. The van der Waals surface area contributed by atoms with Crippen molar-refractivity contribution in [3.8, 4) is 5.88 Å². The molecule has 0 radical (unpaired) electrons. The van der Waals surface area contributed by atoms with Crippen molar-refractivity contribution in [2.24, 2.45) is 0 Å². The zero-order chi connectivity index (χ0) is 13.8. The van der Waals surface area contributed by atoms with Crippen molar-refractivity contribution in [1.82, 2.24) is 9.88 Å². The number of anilines is 1. The highest BCUT2D eigenvalue weighted by atomic mass is 16.5. The molecular weight excluding hydrogens is 254 g/mol. The van der Waals surface area contributed by atoms with Gasteiger partial charge in [0.2, 0.25) is 5.88 Å². The third-order valence-corrected chi connectivity index (χ3v) is 3.93. The number of pyridine rings is 1. The largest absolute Gasteiger partial charge is 0.475 e. The molecule has 1 aliphatic carbocycles. The Bertz CT molecular complexity index is 420. The van der Waals surface area contributed by atoms with Crippen LogP contribution in [0.1, 0.15) is 19.3 Å². The van der Waals surface area contributed by atoms with Gasteiger partial charge in [0, 0.05) is 38.3 Å². The number of hydrogen-bond donors (Lipinski definition) is 1. The van der Waals surface area contributed by atoms with Crippen molar-refractivity contribution in [3.63, 3.8) is 0 Å². The molecule has 20 heavy (non-hydrogen) atoms. The summed E-state index contributed by atoms with van der Waals surface area (Å²) in [4.78, 5) is 6.91. The molecule has 1 saturated carbocycles. The first-order valence-corrected chi connectivity index (χ1v) is 7.43. The highest BCUT2D eigenvalue weighted by molar-refractivity contribution is 5.43. The van der Waals surface area contributed by atoms with E-state index in [4.69, 9.17) is 9.47 Å². The number of nitrogens with one attached hydrogen (secondary N) is 1. The smallest absolute Gasteiger partial charge is 0.213 e. The minimum atomic E-state index is 0.537. The first-order chi connectivity index (χ1) is 9.85. The molecule has 1 saturated heterocycles. The number of methoxy groups -OCH3 is 1. The minimum absolute atomic E-state index is 0.537. The number of rotatable bonds is 7. The van der Waals surface area contributed by atoms with Crippen LogP contribution in [0.15, 0.2) is 18.3 Å². The monoisotopic (exact) mass is 277 g/mol. The molecule has 1 N–H and O–H groups in total. The summed E-state index contributed by atoms with van der Waals surface area (Å²) in [5, 5.41) is 3.56. The van der Waals surface area contributed by atoms with E-state index < -0.39 is 0 Å². The van der Waals surface area contributed by atoms with E-state index in [2.05, 4.69) is 15.2 Å². The molecule has 0 aromatic carbocycles. The number of nitrogens with zero attached hydrogens (tertiary/aromatic N) is 2. The predicted molar refractivity (Wildman–Crippen MR) is 78.2 cm³/mol. The van der Waals surface area contributed by atoms with E-state index in [9.17, 15) is 0 Å². The lowest BCUT2D eigenvalue weighted by molar-refractivity contribution is 0.144. The van der Waals surface area contributed by atoms with Crippen LogP contribution in [0.5, 0.6) is 5.88 Å². The molecular formula is C15H23N3O2. The van der Waals surface area contributed by atoms with Crippen molar-refractivity contribution < 1.29 is 9.47 Å². The van der Waals surface area contributed by atoms with Gasteiger partial charge in [0.1, 0.15) is 6.61 Å². The van der Waals surface area contributed by atoms with Crippen molar-refractivity contribution in [3.05, 3.63) is 18.3 Å². The fourth-order valence-corrected chi connectivity index (χ4v) is 2.69. The zero-order valence-electron chi connectivity index (χ0n) is 12.0. The van der Waals surface area contributed by atoms with Gasteiger partial charge in [-0.3, -0.25) is 4.90 Å². The third kappa shape index (κ3) is 3.61. The van der Waals surface area contributed by atoms with Crippen LogP contribution >= 0.6 is 0 Å². The highest BCUT2D eigenvalue weighted by Gasteiger charge is 2.34. The quantitative estimate of drug-likeness (QED) is 0.769. The average molecular weight is 277 g/mol. The highest BCUT2D eigenvalue weighted by Crippen LogP contribution is 2.30. The molecule has 1 atom stereocenters. The second-order valence-corrected chi connectivity index (χ2v) is 5.58. The molecule has 2 heterocycles. The summed E-state index contributed by atoms with van der Waals surface area (Å²) in [6.45, 7) is 3.51. The molecule has 5 nitrogen and oxygen atoms in total. The number of aromatic nitrogens is 1.